The van der Waals surface area contributed by atoms with E-state index in [1.807, 2.05) is 23.6 Å². The SMILES string of the molecule is NCCc1nc(C(=O)C2CC2c2ccccc2)cs1. The molecule has 19 heavy (non-hydrogen) atoms. The Balaban J connectivity index is 1.69. The summed E-state index contributed by atoms with van der Waals surface area (Å²) >= 11 is 1.53. The van der Waals surface area contributed by atoms with Crippen molar-refractivity contribution in [1.82, 2.24) is 4.98 Å². The summed E-state index contributed by atoms with van der Waals surface area (Å²) in [6.45, 7) is 0.581. The first-order valence-corrected chi connectivity index (χ1v) is 7.41. The van der Waals surface area contributed by atoms with Crippen molar-refractivity contribution in [3.05, 3.63) is 52.0 Å². The van der Waals surface area contributed by atoms with Crippen LogP contribution in [0.15, 0.2) is 35.7 Å². The molecule has 1 aliphatic rings. The van der Waals surface area contributed by atoms with E-state index in [0.29, 0.717) is 18.2 Å². The highest BCUT2D eigenvalue weighted by Gasteiger charge is 2.44. The number of benzene rings is 1. The summed E-state index contributed by atoms with van der Waals surface area (Å²) < 4.78 is 0. The topological polar surface area (TPSA) is 56.0 Å². The molecule has 1 aromatic carbocycles. The lowest BCUT2D eigenvalue weighted by atomic mass is 10.1. The molecule has 4 heteroatoms. The van der Waals surface area contributed by atoms with Crippen LogP contribution in [0.4, 0.5) is 0 Å². The normalized spacial score (nSPS) is 21.3. The number of nitrogens with two attached hydrogens (primary N) is 1. The predicted molar refractivity (Wildman–Crippen MR) is 76.5 cm³/mol. The van der Waals surface area contributed by atoms with Gasteiger partial charge in [0, 0.05) is 17.7 Å². The molecular weight excluding hydrogens is 256 g/mol. The summed E-state index contributed by atoms with van der Waals surface area (Å²) in [6.07, 6.45) is 1.71. The molecule has 1 saturated carbocycles. The Morgan fingerprint density at radius 2 is 2.16 bits per heavy atom. The molecule has 1 aromatic heterocycles. The van der Waals surface area contributed by atoms with E-state index in [1.54, 1.807) is 0 Å². The van der Waals surface area contributed by atoms with Crippen molar-refractivity contribution in [2.45, 2.75) is 18.8 Å². The highest BCUT2D eigenvalue weighted by molar-refractivity contribution is 7.09. The van der Waals surface area contributed by atoms with Gasteiger partial charge in [-0.05, 0) is 24.4 Å². The zero-order chi connectivity index (χ0) is 13.2. The standard InChI is InChI=1S/C15H16N2OS/c16-7-6-14-17-13(9-19-14)15(18)12-8-11(12)10-4-2-1-3-5-10/h1-5,9,11-12H,6-8,16H2. The van der Waals surface area contributed by atoms with Crippen LogP contribution in [0.25, 0.3) is 0 Å². The van der Waals surface area contributed by atoms with E-state index in [9.17, 15) is 4.79 Å². The van der Waals surface area contributed by atoms with Crippen molar-refractivity contribution >= 4 is 17.1 Å². The van der Waals surface area contributed by atoms with Crippen molar-refractivity contribution in [2.75, 3.05) is 6.54 Å². The number of thiazole rings is 1. The van der Waals surface area contributed by atoms with E-state index in [2.05, 4.69) is 17.1 Å². The third-order valence-corrected chi connectivity index (χ3v) is 4.43. The highest BCUT2D eigenvalue weighted by atomic mass is 32.1. The number of ketones is 1. The van der Waals surface area contributed by atoms with Crippen LogP contribution in [-0.2, 0) is 6.42 Å². The van der Waals surface area contributed by atoms with Gasteiger partial charge in [0.15, 0.2) is 5.78 Å². The van der Waals surface area contributed by atoms with Gasteiger partial charge < -0.3 is 5.73 Å². The van der Waals surface area contributed by atoms with Gasteiger partial charge in [-0.15, -0.1) is 11.3 Å². The number of hydrogen-bond donors (Lipinski definition) is 1. The molecule has 2 unspecified atom stereocenters. The van der Waals surface area contributed by atoms with Gasteiger partial charge in [0.05, 0.1) is 5.01 Å². The van der Waals surface area contributed by atoms with Crippen molar-refractivity contribution < 1.29 is 4.79 Å². The summed E-state index contributed by atoms with van der Waals surface area (Å²) in [5.41, 5.74) is 7.38. The van der Waals surface area contributed by atoms with Gasteiger partial charge in [-0.3, -0.25) is 4.79 Å². The molecule has 1 heterocycles. The quantitative estimate of drug-likeness (QED) is 0.851. The van der Waals surface area contributed by atoms with Gasteiger partial charge in [-0.25, -0.2) is 4.98 Å². The average Bonchev–Trinajstić information content (AvgIpc) is 3.12. The molecule has 2 atom stereocenters. The predicted octanol–water partition coefficient (Wildman–Crippen LogP) is 2.63. The monoisotopic (exact) mass is 272 g/mol. The van der Waals surface area contributed by atoms with Crippen LogP contribution < -0.4 is 5.73 Å². The Morgan fingerprint density at radius 1 is 1.37 bits per heavy atom. The van der Waals surface area contributed by atoms with Gasteiger partial charge in [-0.2, -0.15) is 0 Å². The molecule has 0 saturated heterocycles. The van der Waals surface area contributed by atoms with Gasteiger partial charge in [-0.1, -0.05) is 30.3 Å². The summed E-state index contributed by atoms with van der Waals surface area (Å²) in [5, 5.41) is 2.83. The number of rotatable bonds is 5. The van der Waals surface area contributed by atoms with Crippen LogP contribution in [0.3, 0.4) is 0 Å². The minimum Gasteiger partial charge on any atom is -0.330 e. The zero-order valence-electron chi connectivity index (χ0n) is 10.6. The summed E-state index contributed by atoms with van der Waals surface area (Å²) in [6, 6.07) is 10.2. The molecule has 3 nitrogen and oxygen atoms in total. The maximum atomic E-state index is 12.3. The number of Topliss-reactive ketones (excluding diaryl/α,β-unsaturated/α-hetero) is 1. The Labute approximate surface area is 116 Å². The maximum absolute atomic E-state index is 12.3. The Bertz CT molecular complexity index is 579. The fraction of sp³-hybridized carbons (Fsp3) is 0.333. The first-order chi connectivity index (χ1) is 9.29. The van der Waals surface area contributed by atoms with Crippen molar-refractivity contribution in [3.8, 4) is 0 Å². The average molecular weight is 272 g/mol. The van der Waals surface area contributed by atoms with Crippen LogP contribution in [0.1, 0.15) is 33.4 Å². The third kappa shape index (κ3) is 2.60. The van der Waals surface area contributed by atoms with Gasteiger partial charge >= 0.3 is 0 Å². The second-order valence-electron chi connectivity index (χ2n) is 4.89. The number of carbonyl (C=O) groups excluding carboxylic acids is 1. The fourth-order valence-electron chi connectivity index (χ4n) is 2.41. The number of carbonyl (C=O) groups is 1. The van der Waals surface area contributed by atoms with Crippen molar-refractivity contribution in [3.63, 3.8) is 0 Å². The van der Waals surface area contributed by atoms with E-state index >= 15 is 0 Å². The van der Waals surface area contributed by atoms with E-state index in [4.69, 9.17) is 5.73 Å². The molecule has 1 fully saturated rings. The number of hydrogen-bond acceptors (Lipinski definition) is 4. The Morgan fingerprint density at radius 3 is 2.89 bits per heavy atom. The van der Waals surface area contributed by atoms with E-state index in [-0.39, 0.29) is 11.7 Å². The lowest BCUT2D eigenvalue weighted by molar-refractivity contribution is 0.0961. The molecule has 0 bridgehead atoms. The summed E-state index contributed by atoms with van der Waals surface area (Å²) in [5.74, 6) is 0.692. The Hall–Kier alpha value is -1.52. The first kappa shape index (κ1) is 12.5. The maximum Gasteiger partial charge on any atom is 0.185 e. The molecule has 0 amide bonds. The highest BCUT2D eigenvalue weighted by Crippen LogP contribution is 2.49. The molecule has 0 aliphatic heterocycles. The lowest BCUT2D eigenvalue weighted by Crippen LogP contribution is -2.06. The van der Waals surface area contributed by atoms with Crippen molar-refractivity contribution in [2.24, 2.45) is 11.7 Å². The second kappa shape index (κ2) is 5.23. The number of nitrogens with zero attached hydrogens (tertiary/aromatic N) is 1. The van der Waals surface area contributed by atoms with Gasteiger partial charge in [0.1, 0.15) is 5.69 Å². The van der Waals surface area contributed by atoms with Crippen LogP contribution in [0.5, 0.6) is 0 Å². The molecule has 2 N–H and O–H groups in total. The zero-order valence-corrected chi connectivity index (χ0v) is 11.4. The molecule has 0 radical (unpaired) electrons. The molecule has 98 valence electrons. The van der Waals surface area contributed by atoms with Gasteiger partial charge in [0.2, 0.25) is 0 Å². The van der Waals surface area contributed by atoms with Crippen LogP contribution in [0, 0.1) is 5.92 Å². The summed E-state index contributed by atoms with van der Waals surface area (Å²) in [4.78, 5) is 16.7. The number of aromatic nitrogens is 1. The van der Waals surface area contributed by atoms with E-state index in [1.165, 1.54) is 16.9 Å². The fourth-order valence-corrected chi connectivity index (χ4v) is 3.21. The third-order valence-electron chi connectivity index (χ3n) is 3.52. The largest absolute Gasteiger partial charge is 0.330 e. The van der Waals surface area contributed by atoms with E-state index in [0.717, 1.165) is 17.8 Å². The molecule has 0 spiro atoms. The summed E-state index contributed by atoms with van der Waals surface area (Å²) in [7, 11) is 0. The minimum atomic E-state index is 0.121. The van der Waals surface area contributed by atoms with E-state index < -0.39 is 0 Å². The molecule has 3 rings (SSSR count). The first-order valence-electron chi connectivity index (χ1n) is 6.53. The molecular formula is C15H16N2OS. The van der Waals surface area contributed by atoms with Crippen LogP contribution in [0.2, 0.25) is 0 Å². The smallest absolute Gasteiger partial charge is 0.185 e. The molecule has 2 aromatic rings. The lowest BCUT2D eigenvalue weighted by Gasteiger charge is -1.98. The molecule has 1 aliphatic carbocycles. The van der Waals surface area contributed by atoms with Crippen LogP contribution in [-0.4, -0.2) is 17.3 Å². The van der Waals surface area contributed by atoms with Gasteiger partial charge in [0.25, 0.3) is 0 Å². The van der Waals surface area contributed by atoms with Crippen LogP contribution >= 0.6 is 11.3 Å². The minimum absolute atomic E-state index is 0.121. The van der Waals surface area contributed by atoms with Crippen molar-refractivity contribution in [1.29, 1.82) is 0 Å². The second-order valence-corrected chi connectivity index (χ2v) is 5.83. The Kier molecular flexibility index (Phi) is 3.44.